The van der Waals surface area contributed by atoms with Gasteiger partial charge in [0, 0.05) is 5.57 Å². The molecule has 0 aliphatic carbocycles. The smallest absolute Gasteiger partial charge is 0.331 e. The number of allylic oxidation sites excluding steroid dienone is 1. The summed E-state index contributed by atoms with van der Waals surface area (Å²) in [5.41, 5.74) is -0.502. The first-order valence-electron chi connectivity index (χ1n) is 5.23. The van der Waals surface area contributed by atoms with Crippen molar-refractivity contribution in [3.8, 4) is 0 Å². The molecule has 0 rings (SSSR count). The second-order valence-corrected chi connectivity index (χ2v) is 3.52. The Labute approximate surface area is 98.3 Å². The van der Waals surface area contributed by atoms with E-state index >= 15 is 0 Å². The van der Waals surface area contributed by atoms with Crippen LogP contribution in [0.2, 0.25) is 0 Å². The summed E-state index contributed by atoms with van der Waals surface area (Å²) in [5.74, 6) is -7.64. The number of hydrogen-bond acceptors (Lipinski definition) is 3. The lowest BCUT2D eigenvalue weighted by atomic mass is 9.96. The van der Waals surface area contributed by atoms with Crippen LogP contribution < -0.4 is 0 Å². The number of carboxylic acid groups (broad SMARTS) is 1. The van der Waals surface area contributed by atoms with Crippen LogP contribution in [0.4, 0.5) is 8.78 Å². The van der Waals surface area contributed by atoms with E-state index in [1.807, 2.05) is 0 Å². The number of carbonyl (C=O) groups is 2. The number of halogens is 2. The Hall–Kier alpha value is -1.46. The molecule has 1 atom stereocenters. The highest BCUT2D eigenvalue weighted by molar-refractivity contribution is 5.86. The molecule has 0 spiro atoms. The molecule has 0 heterocycles. The van der Waals surface area contributed by atoms with Gasteiger partial charge in [0.05, 0.1) is 6.61 Å². The van der Waals surface area contributed by atoms with Crippen LogP contribution >= 0.6 is 0 Å². The quantitative estimate of drug-likeness (QED) is 0.580. The lowest BCUT2D eigenvalue weighted by molar-refractivity contribution is -0.158. The van der Waals surface area contributed by atoms with Crippen LogP contribution in [-0.4, -0.2) is 29.6 Å². The number of carbonyl (C=O) groups excluding carboxylic acids is 1. The molecule has 6 heteroatoms. The Bertz CT molecular complexity index is 323. The summed E-state index contributed by atoms with van der Waals surface area (Å²) >= 11 is 0. The van der Waals surface area contributed by atoms with E-state index in [0.717, 1.165) is 6.92 Å². The van der Waals surface area contributed by atoms with Crippen molar-refractivity contribution >= 4 is 11.9 Å². The third-order valence-corrected chi connectivity index (χ3v) is 2.19. The van der Waals surface area contributed by atoms with Crippen molar-refractivity contribution in [2.75, 3.05) is 6.61 Å². The Morgan fingerprint density at radius 3 is 2.29 bits per heavy atom. The van der Waals surface area contributed by atoms with Crippen molar-refractivity contribution in [2.45, 2.75) is 33.1 Å². The third kappa shape index (κ3) is 4.50. The number of esters is 1. The summed E-state index contributed by atoms with van der Waals surface area (Å²) in [4.78, 5) is 21.8. The van der Waals surface area contributed by atoms with E-state index in [0.29, 0.717) is 6.08 Å². The predicted molar refractivity (Wildman–Crippen MR) is 56.8 cm³/mol. The first-order valence-corrected chi connectivity index (χ1v) is 5.23. The normalized spacial score (nSPS) is 14.3. The van der Waals surface area contributed by atoms with E-state index in [1.54, 1.807) is 0 Å². The fourth-order valence-electron chi connectivity index (χ4n) is 1.29. The summed E-state index contributed by atoms with van der Waals surface area (Å²) in [6, 6.07) is 0. The monoisotopic (exact) mass is 250 g/mol. The Kier molecular flexibility index (Phi) is 5.78. The maximum atomic E-state index is 13.6. The SMILES string of the molecule is CCOC(=O)C(CC)C(F)(F)/C=C(\C)C(=O)O. The topological polar surface area (TPSA) is 63.6 Å². The molecule has 1 unspecified atom stereocenters. The highest BCUT2D eigenvalue weighted by Crippen LogP contribution is 2.31. The van der Waals surface area contributed by atoms with Gasteiger partial charge in [-0.3, -0.25) is 4.79 Å². The van der Waals surface area contributed by atoms with Crippen LogP contribution in [0.3, 0.4) is 0 Å². The van der Waals surface area contributed by atoms with Crippen molar-refractivity contribution in [2.24, 2.45) is 5.92 Å². The molecule has 0 aliphatic heterocycles. The van der Waals surface area contributed by atoms with Gasteiger partial charge in [-0.1, -0.05) is 6.92 Å². The van der Waals surface area contributed by atoms with Crippen molar-refractivity contribution in [3.63, 3.8) is 0 Å². The van der Waals surface area contributed by atoms with Crippen LogP contribution in [0.1, 0.15) is 27.2 Å². The second-order valence-electron chi connectivity index (χ2n) is 3.52. The molecule has 0 aromatic heterocycles. The van der Waals surface area contributed by atoms with E-state index < -0.39 is 29.4 Å². The minimum Gasteiger partial charge on any atom is -0.478 e. The van der Waals surface area contributed by atoms with Crippen LogP contribution in [0.5, 0.6) is 0 Å². The Balaban J connectivity index is 5.05. The average molecular weight is 250 g/mol. The first kappa shape index (κ1) is 15.5. The van der Waals surface area contributed by atoms with Crippen LogP contribution in [0.25, 0.3) is 0 Å². The standard InChI is InChI=1S/C11H16F2O4/c1-4-8(10(16)17-5-2)11(12,13)6-7(3)9(14)15/h6,8H,4-5H2,1-3H3,(H,14,15)/b7-6+. The molecule has 0 bridgehead atoms. The zero-order valence-corrected chi connectivity index (χ0v) is 10.00. The molecule has 0 radical (unpaired) electrons. The van der Waals surface area contributed by atoms with E-state index in [4.69, 9.17) is 5.11 Å². The third-order valence-electron chi connectivity index (χ3n) is 2.19. The molecule has 0 aromatic rings. The summed E-state index contributed by atoms with van der Waals surface area (Å²) in [5, 5.41) is 8.52. The number of rotatable bonds is 6. The fourth-order valence-corrected chi connectivity index (χ4v) is 1.29. The molecule has 98 valence electrons. The number of hydrogen-bond donors (Lipinski definition) is 1. The van der Waals surface area contributed by atoms with E-state index in [-0.39, 0.29) is 13.0 Å². The van der Waals surface area contributed by atoms with Gasteiger partial charge in [-0.2, -0.15) is 0 Å². The summed E-state index contributed by atoms with van der Waals surface area (Å²) < 4.78 is 31.8. The number of carboxylic acids is 1. The lowest BCUT2D eigenvalue weighted by Gasteiger charge is -2.21. The molecule has 4 nitrogen and oxygen atoms in total. The zero-order chi connectivity index (χ0) is 13.6. The van der Waals surface area contributed by atoms with Crippen molar-refractivity contribution in [1.82, 2.24) is 0 Å². The molecule has 0 aromatic carbocycles. The number of alkyl halides is 2. The summed E-state index contributed by atoms with van der Waals surface area (Å²) in [6.07, 6.45) is 0.162. The Morgan fingerprint density at radius 2 is 1.94 bits per heavy atom. The van der Waals surface area contributed by atoms with E-state index in [9.17, 15) is 18.4 Å². The van der Waals surface area contributed by atoms with E-state index in [2.05, 4.69) is 4.74 Å². The summed E-state index contributed by atoms with van der Waals surface area (Å²) in [6.45, 7) is 3.99. The Morgan fingerprint density at radius 1 is 1.41 bits per heavy atom. The molecular weight excluding hydrogens is 234 g/mol. The van der Waals surface area contributed by atoms with Gasteiger partial charge in [0.1, 0.15) is 5.92 Å². The van der Waals surface area contributed by atoms with Gasteiger partial charge in [-0.25, -0.2) is 13.6 Å². The molecule has 17 heavy (non-hydrogen) atoms. The highest BCUT2D eigenvalue weighted by Gasteiger charge is 2.42. The van der Waals surface area contributed by atoms with Crippen molar-refractivity contribution < 1.29 is 28.2 Å². The largest absolute Gasteiger partial charge is 0.478 e. The zero-order valence-electron chi connectivity index (χ0n) is 10.00. The van der Waals surface area contributed by atoms with Crippen LogP contribution in [0, 0.1) is 5.92 Å². The van der Waals surface area contributed by atoms with E-state index in [1.165, 1.54) is 13.8 Å². The molecule has 1 N–H and O–H groups in total. The van der Waals surface area contributed by atoms with Crippen molar-refractivity contribution in [3.05, 3.63) is 11.6 Å². The van der Waals surface area contributed by atoms with Crippen molar-refractivity contribution in [1.29, 1.82) is 0 Å². The van der Waals surface area contributed by atoms with Gasteiger partial charge < -0.3 is 9.84 Å². The summed E-state index contributed by atoms with van der Waals surface area (Å²) in [7, 11) is 0. The minimum atomic E-state index is -3.52. The molecule has 0 fully saturated rings. The van der Waals surface area contributed by atoms with Gasteiger partial charge >= 0.3 is 11.9 Å². The second kappa shape index (κ2) is 6.32. The number of aliphatic carboxylic acids is 1. The maximum Gasteiger partial charge on any atom is 0.331 e. The van der Waals surface area contributed by atoms with Crippen LogP contribution in [-0.2, 0) is 14.3 Å². The average Bonchev–Trinajstić information content (AvgIpc) is 2.17. The van der Waals surface area contributed by atoms with Gasteiger partial charge in [-0.05, 0) is 26.3 Å². The molecule has 0 saturated carbocycles. The van der Waals surface area contributed by atoms with Gasteiger partial charge in [0.15, 0.2) is 0 Å². The van der Waals surface area contributed by atoms with Gasteiger partial charge in [0.2, 0.25) is 0 Å². The van der Waals surface area contributed by atoms with Crippen LogP contribution in [0.15, 0.2) is 11.6 Å². The maximum absolute atomic E-state index is 13.6. The van der Waals surface area contributed by atoms with Gasteiger partial charge in [-0.15, -0.1) is 0 Å². The lowest BCUT2D eigenvalue weighted by Crippen LogP contribution is -2.34. The highest BCUT2D eigenvalue weighted by atomic mass is 19.3. The van der Waals surface area contributed by atoms with Gasteiger partial charge in [0.25, 0.3) is 5.92 Å². The first-order chi connectivity index (χ1) is 7.76. The molecule has 0 amide bonds. The minimum absolute atomic E-state index is 0.00698. The number of ether oxygens (including phenoxy) is 1. The molecular formula is C11H16F2O4. The fraction of sp³-hybridized carbons (Fsp3) is 0.636. The molecule has 0 saturated heterocycles. The molecule has 0 aliphatic rings. The predicted octanol–water partition coefficient (Wildman–Crippen LogP) is 2.24.